The zero-order chi connectivity index (χ0) is 7.72. The number of hydrogen-bond acceptors (Lipinski definition) is 1. The summed E-state index contributed by atoms with van der Waals surface area (Å²) < 4.78 is 12.6. The maximum absolute atomic E-state index is 12.6. The lowest BCUT2D eigenvalue weighted by Gasteiger charge is -2.02. The van der Waals surface area contributed by atoms with Crippen molar-refractivity contribution < 1.29 is 4.39 Å². The van der Waals surface area contributed by atoms with E-state index in [0.29, 0.717) is 5.69 Å². The lowest BCUT2D eigenvalue weighted by atomic mass is 9.92. The van der Waals surface area contributed by atoms with Crippen LogP contribution in [0.1, 0.15) is 5.56 Å². The number of anilines is 1. The highest BCUT2D eigenvalue weighted by Gasteiger charge is 1.99. The summed E-state index contributed by atoms with van der Waals surface area (Å²) in [6, 6.07) is 2.87. The van der Waals surface area contributed by atoms with Gasteiger partial charge in [0.15, 0.2) is 0 Å². The van der Waals surface area contributed by atoms with E-state index in [2.05, 4.69) is 0 Å². The van der Waals surface area contributed by atoms with Crippen LogP contribution < -0.4 is 11.2 Å². The Morgan fingerprint density at radius 2 is 2.10 bits per heavy atom. The van der Waals surface area contributed by atoms with E-state index < -0.39 is 0 Å². The first-order valence-corrected chi connectivity index (χ1v) is 3.13. The van der Waals surface area contributed by atoms with E-state index in [1.165, 1.54) is 12.1 Å². The minimum Gasteiger partial charge on any atom is -0.399 e. The van der Waals surface area contributed by atoms with Gasteiger partial charge in [-0.05, 0) is 24.6 Å². The highest BCUT2D eigenvalue weighted by molar-refractivity contribution is 6.35. The molecule has 0 saturated carbocycles. The highest BCUT2D eigenvalue weighted by atomic mass is 19.1. The van der Waals surface area contributed by atoms with Gasteiger partial charge in [-0.25, -0.2) is 4.39 Å². The standard InChI is InChI=1S/C7H9BFN/c1-4-2-5(9)3-6(8)7(4)10/h2-3H,8,10H2,1H3. The Morgan fingerprint density at radius 3 is 2.60 bits per heavy atom. The Labute approximate surface area is 60.5 Å². The molecule has 0 heterocycles. The fraction of sp³-hybridized carbons (Fsp3) is 0.143. The van der Waals surface area contributed by atoms with Crippen molar-refractivity contribution in [3.63, 3.8) is 0 Å². The molecule has 1 rings (SSSR count). The molecule has 0 bridgehead atoms. The van der Waals surface area contributed by atoms with E-state index in [1.54, 1.807) is 14.8 Å². The quantitative estimate of drug-likeness (QED) is 0.394. The predicted molar refractivity (Wildman–Crippen MR) is 43.7 cm³/mol. The Bertz CT molecular complexity index is 237. The van der Waals surface area contributed by atoms with Gasteiger partial charge in [0.25, 0.3) is 0 Å². The summed E-state index contributed by atoms with van der Waals surface area (Å²) in [6.07, 6.45) is 0. The van der Waals surface area contributed by atoms with Crippen molar-refractivity contribution >= 4 is 19.0 Å². The average Bonchev–Trinajstić information content (AvgIpc) is 1.82. The third kappa shape index (κ3) is 1.13. The largest absolute Gasteiger partial charge is 0.399 e. The van der Waals surface area contributed by atoms with Gasteiger partial charge in [0.1, 0.15) is 13.7 Å². The molecule has 0 aliphatic heterocycles. The van der Waals surface area contributed by atoms with Gasteiger partial charge in [-0.1, -0.05) is 5.46 Å². The van der Waals surface area contributed by atoms with Crippen LogP contribution in [0.2, 0.25) is 0 Å². The fourth-order valence-corrected chi connectivity index (χ4v) is 0.922. The van der Waals surface area contributed by atoms with E-state index in [9.17, 15) is 4.39 Å². The lowest BCUT2D eigenvalue weighted by molar-refractivity contribution is 0.628. The van der Waals surface area contributed by atoms with E-state index in [-0.39, 0.29) is 5.82 Å². The lowest BCUT2D eigenvalue weighted by Crippen LogP contribution is -2.11. The molecule has 0 fully saturated rings. The van der Waals surface area contributed by atoms with Crippen LogP contribution in [0.3, 0.4) is 0 Å². The molecule has 1 nitrogen and oxygen atoms in total. The number of aryl methyl sites for hydroxylation is 1. The molecule has 0 spiro atoms. The molecule has 0 aliphatic carbocycles. The predicted octanol–water partition coefficient (Wildman–Crippen LogP) is -0.0253. The van der Waals surface area contributed by atoms with Crippen molar-refractivity contribution in [2.75, 3.05) is 5.73 Å². The SMILES string of the molecule is Bc1cc(F)cc(C)c1N. The first-order valence-electron chi connectivity index (χ1n) is 3.13. The molecule has 0 amide bonds. The molecule has 0 radical (unpaired) electrons. The van der Waals surface area contributed by atoms with E-state index >= 15 is 0 Å². The van der Waals surface area contributed by atoms with Crippen LogP contribution in [0.4, 0.5) is 10.1 Å². The topological polar surface area (TPSA) is 26.0 Å². The van der Waals surface area contributed by atoms with Crippen LogP contribution >= 0.6 is 0 Å². The van der Waals surface area contributed by atoms with Crippen LogP contribution in [0.15, 0.2) is 12.1 Å². The number of benzene rings is 1. The summed E-state index contributed by atoms with van der Waals surface area (Å²) in [5.74, 6) is -0.218. The Hall–Kier alpha value is -0.985. The van der Waals surface area contributed by atoms with Crippen molar-refractivity contribution in [1.29, 1.82) is 0 Å². The summed E-state index contributed by atoms with van der Waals surface area (Å²) in [4.78, 5) is 0. The van der Waals surface area contributed by atoms with E-state index in [0.717, 1.165) is 11.0 Å². The second-order valence-corrected chi connectivity index (χ2v) is 2.45. The molecule has 0 aliphatic rings. The molecule has 0 atom stereocenters. The second-order valence-electron chi connectivity index (χ2n) is 2.45. The molecule has 3 heteroatoms. The van der Waals surface area contributed by atoms with Crippen molar-refractivity contribution in [2.45, 2.75) is 6.92 Å². The van der Waals surface area contributed by atoms with Crippen molar-refractivity contribution in [2.24, 2.45) is 0 Å². The summed E-state index contributed by atoms with van der Waals surface area (Å²) in [6.45, 7) is 1.80. The van der Waals surface area contributed by atoms with Crippen LogP contribution in [0, 0.1) is 12.7 Å². The van der Waals surface area contributed by atoms with Crippen LogP contribution in [-0.2, 0) is 0 Å². The third-order valence-corrected chi connectivity index (χ3v) is 1.56. The minimum atomic E-state index is -0.218. The molecule has 1 aromatic carbocycles. The van der Waals surface area contributed by atoms with Crippen molar-refractivity contribution in [3.8, 4) is 0 Å². The monoisotopic (exact) mass is 137 g/mol. The van der Waals surface area contributed by atoms with Gasteiger partial charge in [-0.2, -0.15) is 0 Å². The number of hydrogen-bond donors (Lipinski definition) is 1. The number of rotatable bonds is 0. The minimum absolute atomic E-state index is 0.218. The summed E-state index contributed by atoms with van der Waals surface area (Å²) >= 11 is 0. The molecule has 52 valence electrons. The summed E-state index contributed by atoms with van der Waals surface area (Å²) in [5.41, 5.74) is 7.87. The Kier molecular flexibility index (Phi) is 1.66. The van der Waals surface area contributed by atoms with E-state index in [1.807, 2.05) is 0 Å². The average molecular weight is 137 g/mol. The molecule has 10 heavy (non-hydrogen) atoms. The van der Waals surface area contributed by atoms with Gasteiger partial charge in [-0.3, -0.25) is 0 Å². The number of halogens is 1. The van der Waals surface area contributed by atoms with Gasteiger partial charge in [0, 0.05) is 5.69 Å². The van der Waals surface area contributed by atoms with Gasteiger partial charge in [0.2, 0.25) is 0 Å². The molecule has 0 aromatic heterocycles. The molecular weight excluding hydrogens is 128 g/mol. The molecule has 0 unspecified atom stereocenters. The van der Waals surface area contributed by atoms with Gasteiger partial charge in [-0.15, -0.1) is 0 Å². The molecule has 2 N–H and O–H groups in total. The molecular formula is C7H9BFN. The van der Waals surface area contributed by atoms with Crippen LogP contribution in [-0.4, -0.2) is 7.85 Å². The Balaban J connectivity index is 3.31. The van der Waals surface area contributed by atoms with Crippen molar-refractivity contribution in [1.82, 2.24) is 0 Å². The number of nitrogens with two attached hydrogens (primary N) is 1. The summed E-state index contributed by atoms with van der Waals surface area (Å²) in [5, 5.41) is 0. The summed E-state index contributed by atoms with van der Waals surface area (Å²) in [7, 11) is 1.80. The van der Waals surface area contributed by atoms with Crippen molar-refractivity contribution in [3.05, 3.63) is 23.5 Å². The first-order chi connectivity index (χ1) is 4.61. The van der Waals surface area contributed by atoms with E-state index in [4.69, 9.17) is 5.73 Å². The van der Waals surface area contributed by atoms with Gasteiger partial charge in [0.05, 0.1) is 0 Å². The van der Waals surface area contributed by atoms with Crippen LogP contribution in [0.5, 0.6) is 0 Å². The maximum Gasteiger partial charge on any atom is 0.142 e. The first kappa shape index (κ1) is 7.13. The number of nitrogen functional groups attached to an aromatic ring is 1. The van der Waals surface area contributed by atoms with Gasteiger partial charge < -0.3 is 5.73 Å². The van der Waals surface area contributed by atoms with Gasteiger partial charge >= 0.3 is 0 Å². The Morgan fingerprint density at radius 1 is 1.50 bits per heavy atom. The molecule has 0 saturated heterocycles. The highest BCUT2D eigenvalue weighted by Crippen LogP contribution is 2.07. The third-order valence-electron chi connectivity index (χ3n) is 1.56. The smallest absolute Gasteiger partial charge is 0.142 e. The maximum atomic E-state index is 12.6. The van der Waals surface area contributed by atoms with Crippen LogP contribution in [0.25, 0.3) is 0 Å². The zero-order valence-corrected chi connectivity index (χ0v) is 6.11. The normalized spacial score (nSPS) is 9.80. The molecule has 1 aromatic rings. The zero-order valence-electron chi connectivity index (χ0n) is 6.11. The fourth-order valence-electron chi connectivity index (χ4n) is 0.922. The second kappa shape index (κ2) is 2.33.